The number of hydrogen-bond acceptors (Lipinski definition) is 2. The standard InChI is InChI=1S/C16H15N3O/c20-16(19-8-5-12-2-1-7-17-11-12)14-4-3-13-6-9-18-15(13)10-14/h1-4,6-7,9-11,18H,5,8H2,(H,19,20). The van der Waals surface area contributed by atoms with Crippen molar-refractivity contribution in [1.29, 1.82) is 0 Å². The molecule has 0 spiro atoms. The van der Waals surface area contributed by atoms with E-state index in [2.05, 4.69) is 15.3 Å². The molecule has 2 N–H and O–H groups in total. The Balaban J connectivity index is 1.61. The average Bonchev–Trinajstić information content (AvgIpc) is 2.95. The molecule has 0 aliphatic heterocycles. The normalized spacial score (nSPS) is 10.6. The van der Waals surface area contributed by atoms with E-state index >= 15 is 0 Å². The van der Waals surface area contributed by atoms with Gasteiger partial charge in [-0.1, -0.05) is 12.1 Å². The molecule has 0 fully saturated rings. The van der Waals surface area contributed by atoms with Gasteiger partial charge in [-0.15, -0.1) is 0 Å². The summed E-state index contributed by atoms with van der Waals surface area (Å²) in [6, 6.07) is 11.5. The molecule has 0 bridgehead atoms. The van der Waals surface area contributed by atoms with Crippen LogP contribution in [-0.2, 0) is 6.42 Å². The zero-order valence-corrected chi connectivity index (χ0v) is 11.0. The van der Waals surface area contributed by atoms with Gasteiger partial charge in [0.25, 0.3) is 5.91 Å². The average molecular weight is 265 g/mol. The van der Waals surface area contributed by atoms with Gasteiger partial charge in [0.15, 0.2) is 0 Å². The number of hydrogen-bond donors (Lipinski definition) is 2. The van der Waals surface area contributed by atoms with Crippen molar-refractivity contribution >= 4 is 16.8 Å². The van der Waals surface area contributed by atoms with Gasteiger partial charge >= 0.3 is 0 Å². The second kappa shape index (κ2) is 5.57. The Hall–Kier alpha value is -2.62. The van der Waals surface area contributed by atoms with E-state index in [4.69, 9.17) is 0 Å². The molecule has 3 rings (SSSR count). The highest BCUT2D eigenvalue weighted by atomic mass is 16.1. The van der Waals surface area contributed by atoms with E-state index in [1.807, 2.05) is 48.8 Å². The molecule has 4 nitrogen and oxygen atoms in total. The van der Waals surface area contributed by atoms with Crippen LogP contribution in [0, 0.1) is 0 Å². The van der Waals surface area contributed by atoms with Crippen LogP contribution in [0.2, 0.25) is 0 Å². The zero-order chi connectivity index (χ0) is 13.8. The van der Waals surface area contributed by atoms with Crippen LogP contribution in [0.15, 0.2) is 55.0 Å². The topological polar surface area (TPSA) is 57.8 Å². The summed E-state index contributed by atoms with van der Waals surface area (Å²) in [4.78, 5) is 19.2. The molecule has 20 heavy (non-hydrogen) atoms. The number of benzene rings is 1. The van der Waals surface area contributed by atoms with Crippen LogP contribution in [0.5, 0.6) is 0 Å². The van der Waals surface area contributed by atoms with Crippen LogP contribution in [0.25, 0.3) is 10.9 Å². The Labute approximate surface area is 116 Å². The quantitative estimate of drug-likeness (QED) is 0.761. The molecule has 2 heterocycles. The number of nitrogens with zero attached hydrogens (tertiary/aromatic N) is 1. The fourth-order valence-corrected chi connectivity index (χ4v) is 2.16. The Morgan fingerprint density at radius 2 is 2.20 bits per heavy atom. The molecule has 0 atom stereocenters. The zero-order valence-electron chi connectivity index (χ0n) is 11.0. The number of aromatic nitrogens is 2. The van der Waals surface area contributed by atoms with E-state index in [-0.39, 0.29) is 5.91 Å². The van der Waals surface area contributed by atoms with Crippen LogP contribution in [0.1, 0.15) is 15.9 Å². The Bertz CT molecular complexity index is 719. The summed E-state index contributed by atoms with van der Waals surface area (Å²) in [6.45, 7) is 0.604. The van der Waals surface area contributed by atoms with Gasteiger partial charge in [-0.25, -0.2) is 0 Å². The second-order valence-corrected chi connectivity index (χ2v) is 4.65. The fraction of sp³-hybridized carbons (Fsp3) is 0.125. The van der Waals surface area contributed by atoms with Crippen molar-refractivity contribution < 1.29 is 4.79 Å². The number of aromatic amines is 1. The SMILES string of the molecule is O=C(NCCc1cccnc1)c1ccc2cc[nH]c2c1. The molecule has 1 aromatic carbocycles. The molecule has 100 valence electrons. The number of pyridine rings is 1. The van der Waals surface area contributed by atoms with Crippen LogP contribution in [0.3, 0.4) is 0 Å². The number of H-pyrrole nitrogens is 1. The molecule has 0 aliphatic rings. The largest absolute Gasteiger partial charge is 0.361 e. The van der Waals surface area contributed by atoms with Crippen molar-refractivity contribution in [2.75, 3.05) is 6.54 Å². The number of carbonyl (C=O) groups is 1. The summed E-state index contributed by atoms with van der Waals surface area (Å²) in [5.74, 6) is -0.0506. The summed E-state index contributed by atoms with van der Waals surface area (Å²) < 4.78 is 0. The van der Waals surface area contributed by atoms with Crippen molar-refractivity contribution in [1.82, 2.24) is 15.3 Å². The molecule has 0 saturated carbocycles. The first-order valence-corrected chi connectivity index (χ1v) is 6.57. The lowest BCUT2D eigenvalue weighted by molar-refractivity contribution is 0.0954. The molecular formula is C16H15N3O. The van der Waals surface area contributed by atoms with Gasteiger partial charge < -0.3 is 10.3 Å². The Morgan fingerprint density at radius 3 is 3.05 bits per heavy atom. The highest BCUT2D eigenvalue weighted by Gasteiger charge is 2.06. The predicted octanol–water partition coefficient (Wildman–Crippen LogP) is 2.54. The van der Waals surface area contributed by atoms with Gasteiger partial charge in [-0.05, 0) is 41.6 Å². The fourth-order valence-electron chi connectivity index (χ4n) is 2.16. The second-order valence-electron chi connectivity index (χ2n) is 4.65. The van der Waals surface area contributed by atoms with Crippen molar-refractivity contribution in [3.05, 3.63) is 66.1 Å². The van der Waals surface area contributed by atoms with E-state index in [0.717, 1.165) is 22.9 Å². The van der Waals surface area contributed by atoms with Crippen LogP contribution < -0.4 is 5.32 Å². The molecule has 0 saturated heterocycles. The molecule has 3 aromatic rings. The number of rotatable bonds is 4. The van der Waals surface area contributed by atoms with Crippen LogP contribution >= 0.6 is 0 Å². The summed E-state index contributed by atoms with van der Waals surface area (Å²) >= 11 is 0. The minimum Gasteiger partial charge on any atom is -0.361 e. The molecular weight excluding hydrogens is 250 g/mol. The Kier molecular flexibility index (Phi) is 3.46. The lowest BCUT2D eigenvalue weighted by Gasteiger charge is -2.05. The monoisotopic (exact) mass is 265 g/mol. The first-order chi connectivity index (χ1) is 9.83. The summed E-state index contributed by atoms with van der Waals surface area (Å²) in [5, 5.41) is 4.03. The molecule has 2 aromatic heterocycles. The number of nitrogens with one attached hydrogen (secondary N) is 2. The maximum absolute atomic E-state index is 12.1. The minimum absolute atomic E-state index is 0.0506. The molecule has 0 unspecified atom stereocenters. The van der Waals surface area contributed by atoms with E-state index in [1.165, 1.54) is 0 Å². The van der Waals surface area contributed by atoms with E-state index in [9.17, 15) is 4.79 Å². The van der Waals surface area contributed by atoms with Gasteiger partial charge in [-0.2, -0.15) is 0 Å². The van der Waals surface area contributed by atoms with Crippen molar-refractivity contribution in [2.45, 2.75) is 6.42 Å². The van der Waals surface area contributed by atoms with E-state index in [0.29, 0.717) is 12.1 Å². The predicted molar refractivity (Wildman–Crippen MR) is 78.6 cm³/mol. The molecule has 1 amide bonds. The lowest BCUT2D eigenvalue weighted by Crippen LogP contribution is -2.25. The highest BCUT2D eigenvalue weighted by molar-refractivity contribution is 5.97. The first kappa shape index (κ1) is 12.4. The minimum atomic E-state index is -0.0506. The van der Waals surface area contributed by atoms with Gasteiger partial charge in [-0.3, -0.25) is 9.78 Å². The van der Waals surface area contributed by atoms with Gasteiger partial charge in [0.1, 0.15) is 0 Å². The maximum Gasteiger partial charge on any atom is 0.251 e. The highest BCUT2D eigenvalue weighted by Crippen LogP contribution is 2.13. The van der Waals surface area contributed by atoms with Crippen LogP contribution in [-0.4, -0.2) is 22.4 Å². The third-order valence-electron chi connectivity index (χ3n) is 3.24. The van der Waals surface area contributed by atoms with Gasteiger partial charge in [0, 0.05) is 36.2 Å². The molecule has 4 heteroatoms. The van der Waals surface area contributed by atoms with Gasteiger partial charge in [0.05, 0.1) is 0 Å². The molecule has 0 aliphatic carbocycles. The van der Waals surface area contributed by atoms with Gasteiger partial charge in [0.2, 0.25) is 0 Å². The van der Waals surface area contributed by atoms with E-state index < -0.39 is 0 Å². The summed E-state index contributed by atoms with van der Waals surface area (Å²) in [6.07, 6.45) is 6.21. The van der Waals surface area contributed by atoms with Crippen molar-refractivity contribution in [3.63, 3.8) is 0 Å². The number of amides is 1. The summed E-state index contributed by atoms with van der Waals surface area (Å²) in [7, 11) is 0. The first-order valence-electron chi connectivity index (χ1n) is 6.57. The van der Waals surface area contributed by atoms with Crippen LogP contribution in [0.4, 0.5) is 0 Å². The lowest BCUT2D eigenvalue weighted by atomic mass is 10.1. The Morgan fingerprint density at radius 1 is 1.25 bits per heavy atom. The summed E-state index contributed by atoms with van der Waals surface area (Å²) in [5.41, 5.74) is 2.77. The molecule has 0 radical (unpaired) electrons. The third kappa shape index (κ3) is 2.69. The van der Waals surface area contributed by atoms with Crippen molar-refractivity contribution in [3.8, 4) is 0 Å². The number of carbonyl (C=O) groups excluding carboxylic acids is 1. The van der Waals surface area contributed by atoms with Crippen molar-refractivity contribution in [2.24, 2.45) is 0 Å². The maximum atomic E-state index is 12.1. The smallest absolute Gasteiger partial charge is 0.251 e. The number of fused-ring (bicyclic) bond motifs is 1. The third-order valence-corrected chi connectivity index (χ3v) is 3.24. The van der Waals surface area contributed by atoms with E-state index in [1.54, 1.807) is 6.20 Å².